The molecule has 0 unspecified atom stereocenters. The Balaban J connectivity index is 2.62. The van der Waals surface area contributed by atoms with Gasteiger partial charge in [-0.25, -0.2) is 9.18 Å². The number of hydrogen-bond donors (Lipinski definition) is 0. The van der Waals surface area contributed by atoms with Crippen LogP contribution in [-0.2, 0) is 9.53 Å². The molecule has 0 spiro atoms. The van der Waals surface area contributed by atoms with E-state index < -0.39 is 12.6 Å². The molecule has 2 nitrogen and oxygen atoms in total. The maximum Gasteiger partial charge on any atom is 0.336 e. The average molecular weight is 116 g/mol. The lowest BCUT2D eigenvalue weighted by Gasteiger charge is -1.88. The first-order chi connectivity index (χ1) is 3.84. The lowest BCUT2D eigenvalue weighted by Crippen LogP contribution is -1.99. The molecular formula is C5H5FO2. The number of rotatable bonds is 1. The predicted octanol–water partition coefficient (Wildman–Crippen LogP) is 0.439. The summed E-state index contributed by atoms with van der Waals surface area (Å²) in [5.41, 5.74) is 0.144. The van der Waals surface area contributed by atoms with Crippen LogP contribution in [0.2, 0.25) is 0 Å². The summed E-state index contributed by atoms with van der Waals surface area (Å²) in [6, 6.07) is 0. The quantitative estimate of drug-likeness (QED) is 0.464. The number of ether oxygens (including phenoxy) is 1. The number of carbonyl (C=O) groups excluding carboxylic acids is 1. The van der Waals surface area contributed by atoms with Gasteiger partial charge in [-0.2, -0.15) is 0 Å². The van der Waals surface area contributed by atoms with Crippen LogP contribution < -0.4 is 0 Å². The van der Waals surface area contributed by atoms with Gasteiger partial charge in [0.1, 0.15) is 13.3 Å². The number of hydrogen-bond acceptors (Lipinski definition) is 2. The van der Waals surface area contributed by atoms with E-state index in [1.54, 1.807) is 0 Å². The van der Waals surface area contributed by atoms with Gasteiger partial charge in [-0.05, 0) is 6.08 Å². The topological polar surface area (TPSA) is 26.3 Å². The summed E-state index contributed by atoms with van der Waals surface area (Å²) in [5.74, 6) is -0.521. The number of esters is 1. The van der Waals surface area contributed by atoms with E-state index in [4.69, 9.17) is 0 Å². The molecule has 8 heavy (non-hydrogen) atoms. The van der Waals surface area contributed by atoms with Crippen molar-refractivity contribution in [2.75, 3.05) is 13.3 Å². The summed E-state index contributed by atoms with van der Waals surface area (Å²) >= 11 is 0. The molecule has 0 aliphatic carbocycles. The molecule has 0 fully saturated rings. The van der Waals surface area contributed by atoms with Crippen LogP contribution in [0.15, 0.2) is 11.6 Å². The molecule has 0 radical (unpaired) electrons. The summed E-state index contributed by atoms with van der Waals surface area (Å²) in [4.78, 5) is 10.3. The van der Waals surface area contributed by atoms with Crippen LogP contribution in [0.3, 0.4) is 0 Å². The molecule has 0 amide bonds. The maximum absolute atomic E-state index is 11.6. The lowest BCUT2D eigenvalue weighted by atomic mass is 10.3. The number of halogens is 1. The molecule has 1 aliphatic heterocycles. The molecular weight excluding hydrogens is 111 g/mol. The van der Waals surface area contributed by atoms with Crippen molar-refractivity contribution in [1.82, 2.24) is 0 Å². The molecule has 0 aromatic carbocycles. The summed E-state index contributed by atoms with van der Waals surface area (Å²) < 4.78 is 16.0. The molecule has 0 bridgehead atoms. The third-order valence-electron chi connectivity index (χ3n) is 0.950. The molecule has 1 aliphatic rings. The van der Waals surface area contributed by atoms with Gasteiger partial charge in [0.15, 0.2) is 0 Å². The molecule has 0 N–H and O–H groups in total. The molecule has 0 aromatic rings. The van der Waals surface area contributed by atoms with Crippen molar-refractivity contribution >= 4 is 5.97 Å². The minimum atomic E-state index is -0.709. The second-order valence-electron chi connectivity index (χ2n) is 1.46. The van der Waals surface area contributed by atoms with Crippen molar-refractivity contribution < 1.29 is 13.9 Å². The number of carbonyl (C=O) groups is 1. The van der Waals surface area contributed by atoms with Crippen molar-refractivity contribution in [2.24, 2.45) is 0 Å². The largest absolute Gasteiger partial charge is 0.458 e. The van der Waals surface area contributed by atoms with Gasteiger partial charge in [0.2, 0.25) is 0 Å². The van der Waals surface area contributed by atoms with E-state index in [0.29, 0.717) is 0 Å². The van der Waals surface area contributed by atoms with Crippen LogP contribution in [0.25, 0.3) is 0 Å². The number of cyclic esters (lactones) is 1. The summed E-state index contributed by atoms with van der Waals surface area (Å²) in [6.07, 6.45) is 1.45. The van der Waals surface area contributed by atoms with Gasteiger partial charge in [0, 0.05) is 0 Å². The highest BCUT2D eigenvalue weighted by Gasteiger charge is 2.14. The summed E-state index contributed by atoms with van der Waals surface area (Å²) in [6.45, 7) is -0.475. The van der Waals surface area contributed by atoms with Gasteiger partial charge in [-0.15, -0.1) is 0 Å². The van der Waals surface area contributed by atoms with E-state index in [2.05, 4.69) is 4.74 Å². The van der Waals surface area contributed by atoms with E-state index in [1.165, 1.54) is 6.08 Å². The SMILES string of the molecule is O=C1OCC=C1CF. The van der Waals surface area contributed by atoms with Crippen LogP contribution in [0.1, 0.15) is 0 Å². The van der Waals surface area contributed by atoms with Crippen LogP contribution in [-0.4, -0.2) is 19.3 Å². The Morgan fingerprint density at radius 2 is 2.62 bits per heavy atom. The molecule has 1 heterocycles. The molecule has 0 aromatic heterocycles. The average Bonchev–Trinajstić information content (AvgIpc) is 2.14. The van der Waals surface area contributed by atoms with Gasteiger partial charge >= 0.3 is 5.97 Å². The van der Waals surface area contributed by atoms with Crippen LogP contribution in [0.5, 0.6) is 0 Å². The fraction of sp³-hybridized carbons (Fsp3) is 0.400. The first kappa shape index (κ1) is 5.28. The third kappa shape index (κ3) is 0.710. The Labute approximate surface area is 45.9 Å². The smallest absolute Gasteiger partial charge is 0.336 e. The van der Waals surface area contributed by atoms with Gasteiger partial charge in [0.05, 0.1) is 5.57 Å². The van der Waals surface area contributed by atoms with E-state index in [1.807, 2.05) is 0 Å². The highest BCUT2D eigenvalue weighted by molar-refractivity contribution is 5.90. The summed E-state index contributed by atoms with van der Waals surface area (Å²) in [5, 5.41) is 0. The van der Waals surface area contributed by atoms with Crippen LogP contribution >= 0.6 is 0 Å². The zero-order valence-corrected chi connectivity index (χ0v) is 4.19. The van der Waals surface area contributed by atoms with Gasteiger partial charge in [0.25, 0.3) is 0 Å². The molecule has 0 saturated carbocycles. The van der Waals surface area contributed by atoms with Gasteiger partial charge in [-0.3, -0.25) is 0 Å². The van der Waals surface area contributed by atoms with Crippen molar-refractivity contribution in [3.8, 4) is 0 Å². The van der Waals surface area contributed by atoms with Crippen molar-refractivity contribution in [1.29, 1.82) is 0 Å². The van der Waals surface area contributed by atoms with Gasteiger partial charge < -0.3 is 4.74 Å². The van der Waals surface area contributed by atoms with Gasteiger partial charge in [-0.1, -0.05) is 0 Å². The second-order valence-corrected chi connectivity index (χ2v) is 1.46. The second kappa shape index (κ2) is 1.94. The molecule has 1 rings (SSSR count). The zero-order valence-electron chi connectivity index (χ0n) is 4.19. The minimum absolute atomic E-state index is 0.144. The zero-order chi connectivity index (χ0) is 5.98. The fourth-order valence-electron chi connectivity index (χ4n) is 0.503. The fourth-order valence-corrected chi connectivity index (χ4v) is 0.503. The highest BCUT2D eigenvalue weighted by atomic mass is 19.1. The van der Waals surface area contributed by atoms with E-state index >= 15 is 0 Å². The van der Waals surface area contributed by atoms with Crippen molar-refractivity contribution in [3.05, 3.63) is 11.6 Å². The van der Waals surface area contributed by atoms with E-state index in [9.17, 15) is 9.18 Å². The van der Waals surface area contributed by atoms with Crippen LogP contribution in [0, 0.1) is 0 Å². The van der Waals surface area contributed by atoms with E-state index in [-0.39, 0.29) is 12.2 Å². The Bertz CT molecular complexity index is 139. The summed E-state index contributed by atoms with van der Waals surface area (Å²) in [7, 11) is 0. The monoisotopic (exact) mass is 116 g/mol. The third-order valence-corrected chi connectivity index (χ3v) is 0.950. The first-order valence-corrected chi connectivity index (χ1v) is 2.26. The molecule has 44 valence electrons. The van der Waals surface area contributed by atoms with Crippen molar-refractivity contribution in [3.63, 3.8) is 0 Å². The Kier molecular flexibility index (Phi) is 1.28. The maximum atomic E-state index is 11.6. The first-order valence-electron chi connectivity index (χ1n) is 2.26. The highest BCUT2D eigenvalue weighted by Crippen LogP contribution is 2.05. The minimum Gasteiger partial charge on any atom is -0.458 e. The Hall–Kier alpha value is -0.860. The number of alkyl halides is 1. The normalized spacial score (nSPS) is 18.1. The standard InChI is InChI=1S/C5H5FO2/c6-3-4-1-2-8-5(4)7/h1H,2-3H2. The predicted molar refractivity (Wildman–Crippen MR) is 25.0 cm³/mol. The molecule has 3 heteroatoms. The van der Waals surface area contributed by atoms with E-state index in [0.717, 1.165) is 0 Å². The Morgan fingerprint density at radius 3 is 2.88 bits per heavy atom. The molecule has 0 saturated heterocycles. The lowest BCUT2D eigenvalue weighted by molar-refractivity contribution is -0.136. The molecule has 0 atom stereocenters. The Morgan fingerprint density at radius 1 is 1.88 bits per heavy atom. The van der Waals surface area contributed by atoms with Crippen LogP contribution in [0.4, 0.5) is 4.39 Å². The van der Waals surface area contributed by atoms with Crippen molar-refractivity contribution in [2.45, 2.75) is 0 Å².